The summed E-state index contributed by atoms with van der Waals surface area (Å²) in [6.45, 7) is 20.9. The molecular weight excluding hydrogens is 920 g/mol. The largest absolute Gasteiger partial charge is 1.00 e. The van der Waals surface area contributed by atoms with E-state index < -0.39 is 0 Å². The van der Waals surface area contributed by atoms with E-state index in [2.05, 4.69) is 124 Å². The number of hydrogen-bond acceptors (Lipinski definition) is 4. The first-order valence-corrected chi connectivity index (χ1v) is 23.8. The fourth-order valence-electron chi connectivity index (χ4n) is 13.5. The number of halogens is 2. The summed E-state index contributed by atoms with van der Waals surface area (Å²) in [5.74, 6) is 2.98. The van der Waals surface area contributed by atoms with Gasteiger partial charge in [0.15, 0.2) is 0 Å². The molecule has 6 fully saturated rings. The molecule has 4 bridgehead atoms. The monoisotopic (exact) mass is 984 g/mol. The highest BCUT2D eigenvalue weighted by atomic mass is 79.9. The first-order valence-electron chi connectivity index (χ1n) is 23.8. The molecule has 4 aromatic carbocycles. The average molecular weight is 987 g/mol. The standard InChI is InChI=1S/C56H66N4O2.2BrH/c1-5-29-61-55(49-21-25-57-51-15-11-9-13-47(49)51)53-33-44-23-27-59(53,37-41(44)7-3)35-39-17-19-43-20-18-40(32-46(43)31-39)36-60-28-24-45(42(8-4)38-60)34-54(60)56(62-30-6-2)50-22-26-58-52-16-12-10-14-48(50)52;;/h5-6,9-22,25-26,31-32,41-42,44-45,53-56H,1-2,7-8,23-24,27-30,33-38H2,3-4H3;2*1H/q+2;;/p-2/t41-,42-,44-,45-,53-,54-,55+,56+,59+,60+;;/m0../s1. The van der Waals surface area contributed by atoms with Crippen LogP contribution in [0.3, 0.4) is 0 Å². The van der Waals surface area contributed by atoms with E-state index in [1.54, 1.807) is 0 Å². The summed E-state index contributed by atoms with van der Waals surface area (Å²) < 4.78 is 16.0. The molecule has 0 saturated carbocycles. The Balaban J connectivity index is 0.00000280. The first kappa shape index (κ1) is 46.8. The van der Waals surface area contributed by atoms with Crippen LogP contribution in [0.2, 0.25) is 0 Å². The van der Waals surface area contributed by atoms with Gasteiger partial charge in [0.25, 0.3) is 0 Å². The number of ether oxygens (including phenoxy) is 2. The minimum Gasteiger partial charge on any atom is -1.00 e. The van der Waals surface area contributed by atoms with Crippen molar-refractivity contribution in [2.75, 3.05) is 39.4 Å². The molecule has 0 unspecified atom stereocenters. The molecule has 0 spiro atoms. The summed E-state index contributed by atoms with van der Waals surface area (Å²) >= 11 is 0. The topological polar surface area (TPSA) is 44.2 Å². The summed E-state index contributed by atoms with van der Waals surface area (Å²) in [6.07, 6.45) is 15.2. The van der Waals surface area contributed by atoms with Gasteiger partial charge in [0, 0.05) is 71.8 Å². The van der Waals surface area contributed by atoms with Crippen molar-refractivity contribution in [2.45, 2.75) is 89.8 Å². The van der Waals surface area contributed by atoms with Crippen LogP contribution in [0.25, 0.3) is 32.6 Å². The van der Waals surface area contributed by atoms with Gasteiger partial charge in [-0.2, -0.15) is 0 Å². The third-order valence-electron chi connectivity index (χ3n) is 16.4. The highest BCUT2D eigenvalue weighted by molar-refractivity contribution is 5.84. The average Bonchev–Trinajstić information content (AvgIpc) is 3.32. The Bertz CT molecular complexity index is 2400. The number of pyridine rings is 2. The Hall–Kier alpha value is -3.76. The Morgan fingerprint density at radius 1 is 0.609 bits per heavy atom. The van der Waals surface area contributed by atoms with E-state index in [9.17, 15) is 0 Å². The molecule has 6 nitrogen and oxygen atoms in total. The molecule has 2 aromatic heterocycles. The minimum atomic E-state index is -0.0273. The second kappa shape index (κ2) is 20.0. The lowest BCUT2D eigenvalue weighted by molar-refractivity contribution is -0.986. The van der Waals surface area contributed by atoms with E-state index in [-0.39, 0.29) is 46.2 Å². The van der Waals surface area contributed by atoms with Crippen molar-refractivity contribution in [3.63, 3.8) is 0 Å². The van der Waals surface area contributed by atoms with E-state index in [1.807, 2.05) is 24.5 Å². The molecule has 6 aliphatic heterocycles. The zero-order valence-corrected chi connectivity index (χ0v) is 41.0. The quantitative estimate of drug-likeness (QED) is 0.0870. The molecular formula is C56H66Br2N4O2. The smallest absolute Gasteiger partial charge is 0.135 e. The van der Waals surface area contributed by atoms with Crippen molar-refractivity contribution in [2.24, 2.45) is 23.7 Å². The van der Waals surface area contributed by atoms with Gasteiger partial charge in [0.05, 0.1) is 50.4 Å². The van der Waals surface area contributed by atoms with Crippen LogP contribution in [0.5, 0.6) is 0 Å². The van der Waals surface area contributed by atoms with Gasteiger partial charge >= 0.3 is 0 Å². The summed E-state index contributed by atoms with van der Waals surface area (Å²) in [5.41, 5.74) is 7.51. The van der Waals surface area contributed by atoms with Crippen LogP contribution >= 0.6 is 0 Å². The molecule has 8 heteroatoms. The van der Waals surface area contributed by atoms with Crippen molar-refractivity contribution in [3.8, 4) is 0 Å². The van der Waals surface area contributed by atoms with Crippen molar-refractivity contribution in [3.05, 3.63) is 157 Å². The van der Waals surface area contributed by atoms with Gasteiger partial charge in [0.1, 0.15) is 37.4 Å². The van der Waals surface area contributed by atoms with Crippen LogP contribution in [0.1, 0.15) is 86.8 Å². The number of aromatic nitrogens is 2. The zero-order valence-electron chi connectivity index (χ0n) is 37.8. The number of piperidine rings is 6. The maximum Gasteiger partial charge on any atom is 0.135 e. The second-order valence-corrected chi connectivity index (χ2v) is 19.5. The van der Waals surface area contributed by atoms with E-state index in [1.165, 1.54) is 109 Å². The maximum absolute atomic E-state index is 6.92. The number of hydrogen-bond donors (Lipinski definition) is 0. The molecule has 0 aliphatic carbocycles. The third kappa shape index (κ3) is 8.68. The van der Waals surface area contributed by atoms with Crippen molar-refractivity contribution in [1.82, 2.24) is 9.97 Å². The summed E-state index contributed by atoms with van der Waals surface area (Å²) in [6, 6.07) is 37.1. The van der Waals surface area contributed by atoms with Crippen LogP contribution in [0, 0.1) is 23.7 Å². The highest BCUT2D eigenvalue weighted by Gasteiger charge is 2.56. The molecule has 0 radical (unpaired) electrons. The van der Waals surface area contributed by atoms with Gasteiger partial charge < -0.3 is 52.4 Å². The fourth-order valence-corrected chi connectivity index (χ4v) is 13.5. The molecule has 0 amide bonds. The molecule has 10 atom stereocenters. The Labute approximate surface area is 402 Å². The van der Waals surface area contributed by atoms with Crippen molar-refractivity contribution < 1.29 is 52.4 Å². The van der Waals surface area contributed by atoms with E-state index in [0.717, 1.165) is 56.8 Å². The third-order valence-corrected chi connectivity index (χ3v) is 16.4. The van der Waals surface area contributed by atoms with Gasteiger partial charge in [-0.3, -0.25) is 9.97 Å². The highest BCUT2D eigenvalue weighted by Crippen LogP contribution is 2.51. The molecule has 6 aromatic rings. The van der Waals surface area contributed by atoms with Crippen molar-refractivity contribution >= 4 is 32.6 Å². The molecule has 64 heavy (non-hydrogen) atoms. The Morgan fingerprint density at radius 2 is 1.06 bits per heavy atom. The van der Waals surface area contributed by atoms with Crippen LogP contribution < -0.4 is 34.0 Å². The van der Waals surface area contributed by atoms with Crippen LogP contribution in [0.4, 0.5) is 0 Å². The molecule has 0 N–H and O–H groups in total. The fraction of sp³-hybridized carbons (Fsp3) is 0.429. The zero-order chi connectivity index (χ0) is 42.3. The maximum atomic E-state index is 6.92. The summed E-state index contributed by atoms with van der Waals surface area (Å²) in [5, 5.41) is 5.10. The van der Waals surface area contributed by atoms with E-state index in [4.69, 9.17) is 19.4 Å². The Morgan fingerprint density at radius 3 is 1.50 bits per heavy atom. The molecule has 8 heterocycles. The summed E-state index contributed by atoms with van der Waals surface area (Å²) in [7, 11) is 0. The lowest BCUT2D eigenvalue weighted by Gasteiger charge is -2.59. The SMILES string of the molecule is C=CCO[C@H](c1ccnc2ccccc12)[C@@H]1C[C@@H]2CC[N@@+]1(Cc1ccc3ccc(C[N@@+]45CC[C@@H](C[C@H]4[C@H](OCC=C)c4ccnc6ccccc46)[C@@H](CC)C5)cc3c1)C[C@@H]2CC.[Br-].[Br-]. The molecule has 6 saturated heterocycles. The van der Waals surface area contributed by atoms with Gasteiger partial charge in [-0.1, -0.05) is 86.7 Å². The molecule has 6 aliphatic rings. The minimum absolute atomic E-state index is 0. The number of nitrogens with zero attached hydrogens (tertiary/aromatic N) is 4. The van der Waals surface area contributed by atoms with Gasteiger partial charge in [-0.15, -0.1) is 13.2 Å². The Kier molecular flexibility index (Phi) is 14.6. The van der Waals surface area contributed by atoms with Crippen LogP contribution in [-0.2, 0) is 22.6 Å². The lowest BCUT2D eigenvalue weighted by atomic mass is 9.70. The van der Waals surface area contributed by atoms with Crippen LogP contribution in [0.15, 0.2) is 135 Å². The second-order valence-electron chi connectivity index (χ2n) is 19.5. The molecule has 12 rings (SSSR count). The lowest BCUT2D eigenvalue weighted by Crippen LogP contribution is -3.00. The predicted octanol–water partition coefficient (Wildman–Crippen LogP) is 6.10. The normalized spacial score (nSPS) is 28.0. The number of quaternary nitrogens is 2. The van der Waals surface area contributed by atoms with Gasteiger partial charge in [0.2, 0.25) is 0 Å². The van der Waals surface area contributed by atoms with Crippen molar-refractivity contribution in [1.29, 1.82) is 0 Å². The number of fused-ring (bicyclic) bond motifs is 9. The predicted molar refractivity (Wildman–Crippen MR) is 253 cm³/mol. The number of para-hydroxylation sites is 2. The van der Waals surface area contributed by atoms with Gasteiger partial charge in [-0.05, 0) is 83.0 Å². The van der Waals surface area contributed by atoms with Crippen LogP contribution in [-0.4, -0.2) is 70.4 Å². The molecule has 336 valence electrons. The first-order chi connectivity index (χ1) is 30.4. The number of benzene rings is 4. The van der Waals surface area contributed by atoms with Gasteiger partial charge in [-0.25, -0.2) is 0 Å². The van der Waals surface area contributed by atoms with E-state index >= 15 is 0 Å². The summed E-state index contributed by atoms with van der Waals surface area (Å²) in [4.78, 5) is 9.51. The number of rotatable bonds is 16. The van der Waals surface area contributed by atoms with E-state index in [0.29, 0.717) is 25.3 Å².